The second-order valence-electron chi connectivity index (χ2n) is 4.45. The van der Waals surface area contributed by atoms with Gasteiger partial charge in [-0.25, -0.2) is 0 Å². The average Bonchev–Trinajstić information content (AvgIpc) is 2.28. The van der Waals surface area contributed by atoms with Crippen molar-refractivity contribution in [2.24, 2.45) is 0 Å². The maximum absolute atomic E-state index is 9.64. The van der Waals surface area contributed by atoms with Gasteiger partial charge in [-0.15, -0.1) is 0 Å². The van der Waals surface area contributed by atoms with Gasteiger partial charge in [0.2, 0.25) is 0 Å². The second-order valence-corrected chi connectivity index (χ2v) is 4.45. The normalized spacial score (nSPS) is 13.0. The molecular formula is C14H23NO. The first-order valence-corrected chi connectivity index (χ1v) is 6.13. The molecule has 0 saturated heterocycles. The minimum absolute atomic E-state index is 0.136. The quantitative estimate of drug-likeness (QED) is 0.765. The third kappa shape index (κ3) is 5.29. The predicted molar refractivity (Wildman–Crippen MR) is 68.3 cm³/mol. The number of benzene rings is 1. The molecule has 1 rings (SSSR count). The molecule has 0 aromatic heterocycles. The molecule has 0 unspecified atom stereocenters. The van der Waals surface area contributed by atoms with Crippen molar-refractivity contribution in [3.63, 3.8) is 0 Å². The van der Waals surface area contributed by atoms with E-state index in [4.69, 9.17) is 0 Å². The molecule has 0 amide bonds. The molecular weight excluding hydrogens is 198 g/mol. The highest BCUT2D eigenvalue weighted by molar-refractivity contribution is 5.14. The van der Waals surface area contributed by atoms with Gasteiger partial charge >= 0.3 is 0 Å². The van der Waals surface area contributed by atoms with E-state index in [9.17, 15) is 5.11 Å². The zero-order valence-corrected chi connectivity index (χ0v) is 10.4. The number of aliphatic hydroxyl groups excluding tert-OH is 1. The van der Waals surface area contributed by atoms with E-state index >= 15 is 0 Å². The van der Waals surface area contributed by atoms with Gasteiger partial charge in [0.05, 0.1) is 6.10 Å². The van der Waals surface area contributed by atoms with Gasteiger partial charge in [-0.3, -0.25) is 0 Å². The van der Waals surface area contributed by atoms with E-state index in [1.165, 1.54) is 5.56 Å². The van der Waals surface area contributed by atoms with Crippen molar-refractivity contribution in [2.45, 2.75) is 38.8 Å². The van der Waals surface area contributed by atoms with Crippen molar-refractivity contribution in [1.29, 1.82) is 0 Å². The summed E-state index contributed by atoms with van der Waals surface area (Å²) >= 11 is 0. The Bertz CT molecular complexity index is 273. The van der Waals surface area contributed by atoms with Gasteiger partial charge in [0.25, 0.3) is 0 Å². The van der Waals surface area contributed by atoms with E-state index in [-0.39, 0.29) is 6.10 Å². The van der Waals surface area contributed by atoms with Crippen molar-refractivity contribution < 1.29 is 5.11 Å². The third-order valence-electron chi connectivity index (χ3n) is 2.76. The Morgan fingerprint density at radius 3 is 2.50 bits per heavy atom. The molecule has 1 aromatic carbocycles. The van der Waals surface area contributed by atoms with Gasteiger partial charge in [-0.1, -0.05) is 43.7 Å². The smallest absolute Gasteiger partial charge is 0.0552 e. The lowest BCUT2D eigenvalue weighted by Crippen LogP contribution is -2.23. The number of hydrogen-bond acceptors (Lipinski definition) is 2. The van der Waals surface area contributed by atoms with Crippen molar-refractivity contribution >= 4 is 0 Å². The SMILES string of the molecule is CCC[C@@H](O)CCN(C)Cc1ccccc1. The molecule has 0 bridgehead atoms. The Balaban J connectivity index is 2.23. The van der Waals surface area contributed by atoms with Crippen LogP contribution < -0.4 is 0 Å². The molecule has 0 radical (unpaired) electrons. The molecule has 0 fully saturated rings. The lowest BCUT2D eigenvalue weighted by Gasteiger charge is -2.18. The summed E-state index contributed by atoms with van der Waals surface area (Å²) in [5.41, 5.74) is 1.33. The van der Waals surface area contributed by atoms with Crippen LogP contribution in [-0.4, -0.2) is 29.7 Å². The van der Waals surface area contributed by atoms with Crippen LogP contribution in [0.4, 0.5) is 0 Å². The summed E-state index contributed by atoms with van der Waals surface area (Å²) in [5, 5.41) is 9.64. The number of rotatable bonds is 7. The third-order valence-corrected chi connectivity index (χ3v) is 2.76. The van der Waals surface area contributed by atoms with Crippen molar-refractivity contribution in [2.75, 3.05) is 13.6 Å². The van der Waals surface area contributed by atoms with E-state index in [1.54, 1.807) is 0 Å². The fraction of sp³-hybridized carbons (Fsp3) is 0.571. The van der Waals surface area contributed by atoms with E-state index in [2.05, 4.69) is 43.1 Å². The van der Waals surface area contributed by atoms with Crippen molar-refractivity contribution in [3.05, 3.63) is 35.9 Å². The first-order chi connectivity index (χ1) is 7.72. The minimum Gasteiger partial charge on any atom is -0.393 e. The lowest BCUT2D eigenvalue weighted by molar-refractivity contribution is 0.136. The van der Waals surface area contributed by atoms with Gasteiger partial charge in [-0.2, -0.15) is 0 Å². The molecule has 0 aliphatic heterocycles. The van der Waals surface area contributed by atoms with Crippen LogP contribution in [0, 0.1) is 0 Å². The lowest BCUT2D eigenvalue weighted by atomic mass is 10.1. The van der Waals surface area contributed by atoms with Gasteiger partial charge in [-0.05, 0) is 25.5 Å². The van der Waals surface area contributed by atoms with Crippen LogP contribution in [0.15, 0.2) is 30.3 Å². The molecule has 16 heavy (non-hydrogen) atoms. The van der Waals surface area contributed by atoms with Gasteiger partial charge in [0.15, 0.2) is 0 Å². The Hall–Kier alpha value is -0.860. The zero-order chi connectivity index (χ0) is 11.8. The highest BCUT2D eigenvalue weighted by Gasteiger charge is 2.05. The Labute approximate surface area is 98.9 Å². The molecule has 0 saturated carbocycles. The van der Waals surface area contributed by atoms with Crippen LogP contribution in [0.1, 0.15) is 31.7 Å². The molecule has 90 valence electrons. The van der Waals surface area contributed by atoms with Gasteiger partial charge in [0.1, 0.15) is 0 Å². The standard InChI is InChI=1S/C14H23NO/c1-3-7-14(16)10-11-15(2)12-13-8-5-4-6-9-13/h4-6,8-9,14,16H,3,7,10-12H2,1-2H3/t14-/m1/s1. The van der Waals surface area contributed by atoms with E-state index < -0.39 is 0 Å². The van der Waals surface area contributed by atoms with Crippen LogP contribution in [0.2, 0.25) is 0 Å². The maximum Gasteiger partial charge on any atom is 0.0552 e. The number of aliphatic hydroxyl groups is 1. The van der Waals surface area contributed by atoms with E-state index in [1.807, 2.05) is 6.07 Å². The molecule has 0 heterocycles. The Kier molecular flexibility index (Phi) is 6.12. The maximum atomic E-state index is 9.64. The molecule has 1 aromatic rings. The summed E-state index contributed by atoms with van der Waals surface area (Å²) in [6.07, 6.45) is 2.71. The predicted octanol–water partition coefficient (Wildman–Crippen LogP) is 2.67. The summed E-state index contributed by atoms with van der Waals surface area (Å²) in [4.78, 5) is 2.26. The molecule has 2 heteroatoms. The molecule has 0 aliphatic rings. The van der Waals surface area contributed by atoms with Gasteiger partial charge < -0.3 is 10.0 Å². The van der Waals surface area contributed by atoms with Gasteiger partial charge in [0, 0.05) is 13.1 Å². The molecule has 0 aliphatic carbocycles. The van der Waals surface area contributed by atoms with Crippen LogP contribution in [0.3, 0.4) is 0 Å². The van der Waals surface area contributed by atoms with Crippen molar-refractivity contribution in [1.82, 2.24) is 4.90 Å². The highest BCUT2D eigenvalue weighted by atomic mass is 16.3. The van der Waals surface area contributed by atoms with Crippen LogP contribution in [0.25, 0.3) is 0 Å². The molecule has 2 nitrogen and oxygen atoms in total. The van der Waals surface area contributed by atoms with Crippen molar-refractivity contribution in [3.8, 4) is 0 Å². The molecule has 0 spiro atoms. The van der Waals surface area contributed by atoms with Crippen LogP contribution in [-0.2, 0) is 6.54 Å². The fourth-order valence-corrected chi connectivity index (χ4v) is 1.82. The number of hydrogen-bond donors (Lipinski definition) is 1. The van der Waals surface area contributed by atoms with E-state index in [0.717, 1.165) is 32.4 Å². The summed E-state index contributed by atoms with van der Waals surface area (Å²) < 4.78 is 0. The Morgan fingerprint density at radius 2 is 1.88 bits per heavy atom. The summed E-state index contributed by atoms with van der Waals surface area (Å²) in [6, 6.07) is 10.4. The largest absolute Gasteiger partial charge is 0.393 e. The summed E-state index contributed by atoms with van der Waals surface area (Å²) in [7, 11) is 2.10. The fourth-order valence-electron chi connectivity index (χ4n) is 1.82. The first-order valence-electron chi connectivity index (χ1n) is 6.13. The van der Waals surface area contributed by atoms with Crippen LogP contribution >= 0.6 is 0 Å². The second kappa shape index (κ2) is 7.42. The van der Waals surface area contributed by atoms with E-state index in [0.29, 0.717) is 0 Å². The zero-order valence-electron chi connectivity index (χ0n) is 10.4. The first kappa shape index (κ1) is 13.2. The molecule has 1 N–H and O–H groups in total. The topological polar surface area (TPSA) is 23.5 Å². The Morgan fingerprint density at radius 1 is 1.19 bits per heavy atom. The molecule has 1 atom stereocenters. The number of nitrogens with zero attached hydrogens (tertiary/aromatic N) is 1. The minimum atomic E-state index is -0.136. The summed E-state index contributed by atoms with van der Waals surface area (Å²) in [5.74, 6) is 0. The summed E-state index contributed by atoms with van der Waals surface area (Å²) in [6.45, 7) is 4.02. The van der Waals surface area contributed by atoms with Crippen LogP contribution in [0.5, 0.6) is 0 Å². The monoisotopic (exact) mass is 221 g/mol. The highest BCUT2D eigenvalue weighted by Crippen LogP contribution is 2.06. The average molecular weight is 221 g/mol.